The van der Waals surface area contributed by atoms with Gasteiger partial charge in [0.15, 0.2) is 17.5 Å². The lowest BCUT2D eigenvalue weighted by Crippen LogP contribution is -2.82. The lowest BCUT2D eigenvalue weighted by Gasteiger charge is -2.67. The van der Waals surface area contributed by atoms with Crippen molar-refractivity contribution in [2.45, 2.75) is 181 Å². The number of benzene rings is 2. The van der Waals surface area contributed by atoms with Gasteiger partial charge in [-0.1, -0.05) is 97.0 Å². The number of carboxylic acids is 1. The quantitative estimate of drug-likeness (QED) is 0.0805. The molecular formula is C57H72N2O19. The average molecular weight is 1090 g/mol. The summed E-state index contributed by atoms with van der Waals surface area (Å²) in [6.45, 7) is 16.0. The van der Waals surface area contributed by atoms with Crippen molar-refractivity contribution in [1.29, 1.82) is 0 Å². The summed E-state index contributed by atoms with van der Waals surface area (Å²) < 4.78 is 43.1. The van der Waals surface area contributed by atoms with Gasteiger partial charge in [-0.3, -0.25) is 38.4 Å². The number of ketones is 1. The third kappa shape index (κ3) is 12.2. The Morgan fingerprint density at radius 3 is 1.97 bits per heavy atom. The van der Waals surface area contributed by atoms with Crippen LogP contribution < -0.4 is 10.6 Å². The number of aliphatic carboxylic acids is 1. The molecule has 21 heteroatoms. The molecule has 4 aliphatic rings. The van der Waals surface area contributed by atoms with E-state index in [2.05, 4.69) is 10.6 Å². The van der Waals surface area contributed by atoms with Gasteiger partial charge in [-0.25, -0.2) is 9.59 Å². The Bertz CT molecular complexity index is 2700. The Morgan fingerprint density at radius 1 is 0.821 bits per heavy atom. The van der Waals surface area contributed by atoms with Crippen LogP contribution in [0, 0.1) is 22.2 Å². The van der Waals surface area contributed by atoms with Crippen molar-refractivity contribution < 1.29 is 91.3 Å². The first-order valence-corrected chi connectivity index (χ1v) is 26.1. The van der Waals surface area contributed by atoms with Crippen LogP contribution in [-0.2, 0) is 76.3 Å². The Kier molecular flexibility index (Phi) is 18.2. The van der Waals surface area contributed by atoms with Crippen LogP contribution in [0.25, 0.3) is 0 Å². The third-order valence-corrected chi connectivity index (χ3v) is 15.5. The van der Waals surface area contributed by atoms with Crippen LogP contribution in [0.2, 0.25) is 0 Å². The standard InChI is InChI=1S/C57H72N2O19/c1-12-41(65)75-37-26-38-56(29-72-38,78-32(5)61)47-49(77-51(69)34-22-18-15-19-23-34)57(71)27-36(30(3)43(54(57,9)10)45(73-31(4)60)48(67)55(37,47)11)74-52(70)46(76-42(66)13-2)44(33-20-16-14-17-21-33)59-50(68)35(24-25-40(63)64)58-39(62)28-53(6,7)8/h14-23,35-38,44-47,49,71H,12-13,24-29H2,1-11H3,(H,58,62)(H,59,68)(H,63,64)/t35-,36+,37+,38-,44+,45-,46-,47+,49+,55-,56+,57-/m1/s1. The van der Waals surface area contributed by atoms with E-state index in [-0.39, 0.29) is 54.4 Å². The smallest absolute Gasteiger partial charge is 0.350 e. The van der Waals surface area contributed by atoms with E-state index >= 15 is 9.59 Å². The van der Waals surface area contributed by atoms with E-state index in [9.17, 15) is 48.6 Å². The molecule has 21 nitrogen and oxygen atoms in total. The fourth-order valence-electron chi connectivity index (χ4n) is 11.6. The van der Waals surface area contributed by atoms with Gasteiger partial charge in [0.1, 0.15) is 42.1 Å². The maximum Gasteiger partial charge on any atom is 0.350 e. The summed E-state index contributed by atoms with van der Waals surface area (Å²) in [4.78, 5) is 139. The Labute approximate surface area is 452 Å². The van der Waals surface area contributed by atoms with Gasteiger partial charge >= 0.3 is 41.8 Å². The highest BCUT2D eigenvalue weighted by Gasteiger charge is 2.79. The molecule has 1 heterocycles. The molecule has 2 bridgehead atoms. The number of ether oxygens (including phenoxy) is 7. The Hall–Kier alpha value is -7.00. The van der Waals surface area contributed by atoms with Crippen molar-refractivity contribution in [2.24, 2.45) is 22.2 Å². The molecule has 1 saturated heterocycles. The molecule has 2 amide bonds. The van der Waals surface area contributed by atoms with Gasteiger partial charge in [0.05, 0.1) is 23.5 Å². The van der Waals surface area contributed by atoms with Crippen LogP contribution in [0.3, 0.4) is 0 Å². The number of amides is 2. The zero-order chi connectivity index (χ0) is 57.9. The first-order valence-electron chi connectivity index (χ1n) is 26.1. The number of carbonyl (C=O) groups excluding carboxylic acids is 9. The second kappa shape index (κ2) is 23.5. The molecule has 3 aliphatic carbocycles. The van der Waals surface area contributed by atoms with Gasteiger partial charge in [0.2, 0.25) is 17.9 Å². The molecule has 12 atom stereocenters. The van der Waals surface area contributed by atoms with Crippen LogP contribution in [0.5, 0.6) is 0 Å². The highest BCUT2D eigenvalue weighted by Crippen LogP contribution is 2.65. The van der Waals surface area contributed by atoms with Crippen LogP contribution in [0.1, 0.15) is 143 Å². The summed E-state index contributed by atoms with van der Waals surface area (Å²) in [6, 6.07) is 12.4. The Morgan fingerprint density at radius 2 is 1.44 bits per heavy atom. The summed E-state index contributed by atoms with van der Waals surface area (Å²) in [7, 11) is 0. The average Bonchev–Trinajstić information content (AvgIpc) is 3.36. The van der Waals surface area contributed by atoms with Crippen molar-refractivity contribution in [3.8, 4) is 0 Å². The monoisotopic (exact) mass is 1090 g/mol. The SMILES string of the molecule is CCC(=O)O[C@H]1C[C@H]2OC[C@@]2(OC(C)=O)[C@H]2[C@H](OC(=O)c3ccccc3)[C@]3(O)C[C@H](OC(=O)[C@H](OC(=O)CC)[C@@H](NC(=O)[C@@H](CCC(=O)O)NC(=O)CC(C)(C)C)c4ccccc4)C(C)=C([C@@H](OC(C)=O)C(=O)[C@]12C)C3(C)C. The highest BCUT2D eigenvalue weighted by atomic mass is 16.6. The summed E-state index contributed by atoms with van der Waals surface area (Å²) >= 11 is 0. The van der Waals surface area contributed by atoms with Gasteiger partial charge in [0.25, 0.3) is 0 Å². The minimum atomic E-state index is -2.56. The number of hydrogen-bond donors (Lipinski definition) is 4. The molecule has 2 saturated carbocycles. The summed E-state index contributed by atoms with van der Waals surface area (Å²) in [5.74, 6) is -11.2. The van der Waals surface area contributed by atoms with Crippen molar-refractivity contribution >= 4 is 59.4 Å². The van der Waals surface area contributed by atoms with Crippen LogP contribution >= 0.6 is 0 Å². The minimum Gasteiger partial charge on any atom is -0.481 e. The second-order valence-corrected chi connectivity index (χ2v) is 22.4. The molecule has 0 radical (unpaired) electrons. The second-order valence-electron chi connectivity index (χ2n) is 22.4. The minimum absolute atomic E-state index is 0.00113. The van der Waals surface area contributed by atoms with E-state index in [0.29, 0.717) is 0 Å². The van der Waals surface area contributed by atoms with Gasteiger partial charge < -0.3 is 54.0 Å². The van der Waals surface area contributed by atoms with E-state index in [0.717, 1.165) is 13.8 Å². The third-order valence-electron chi connectivity index (χ3n) is 15.5. The zero-order valence-corrected chi connectivity index (χ0v) is 46.0. The lowest BCUT2D eigenvalue weighted by molar-refractivity contribution is -0.346. The molecule has 6 rings (SSSR count). The molecule has 0 aromatic heterocycles. The molecule has 1 aliphatic heterocycles. The predicted octanol–water partition coefficient (Wildman–Crippen LogP) is 5.13. The van der Waals surface area contributed by atoms with Gasteiger partial charge in [-0.2, -0.15) is 0 Å². The summed E-state index contributed by atoms with van der Waals surface area (Å²) in [6.07, 6.45) is -12.5. The predicted molar refractivity (Wildman–Crippen MR) is 273 cm³/mol. The maximum atomic E-state index is 16.2. The van der Waals surface area contributed by atoms with E-state index in [1.54, 1.807) is 57.2 Å². The fourth-order valence-corrected chi connectivity index (χ4v) is 11.6. The number of fused-ring (bicyclic) bond motifs is 5. The van der Waals surface area contributed by atoms with Crippen LogP contribution in [-0.4, -0.2) is 130 Å². The summed E-state index contributed by atoms with van der Waals surface area (Å²) in [5.41, 5.74) is -8.81. The topological polar surface area (TPSA) is 300 Å². The number of nitrogens with one attached hydrogen (secondary N) is 2. The number of hydrogen-bond acceptors (Lipinski definition) is 18. The van der Waals surface area contributed by atoms with Crippen LogP contribution in [0.4, 0.5) is 0 Å². The first kappa shape index (κ1) is 60.2. The summed E-state index contributed by atoms with van der Waals surface area (Å²) in [5, 5.41) is 29.1. The number of aliphatic hydroxyl groups is 1. The Balaban J connectivity index is 1.57. The molecule has 3 fully saturated rings. The first-order chi connectivity index (χ1) is 36.4. The fraction of sp³-hybridized carbons (Fsp3) is 0.579. The van der Waals surface area contributed by atoms with E-state index < -0.39 is 161 Å². The van der Waals surface area contributed by atoms with Crippen LogP contribution in [0.15, 0.2) is 71.8 Å². The molecule has 0 unspecified atom stereocenters. The van der Waals surface area contributed by atoms with Crippen molar-refractivity contribution in [3.05, 3.63) is 82.9 Å². The van der Waals surface area contributed by atoms with Gasteiger partial charge in [0, 0.05) is 57.8 Å². The number of carboxylic acid groups (broad SMARTS) is 1. The van der Waals surface area contributed by atoms with Crippen molar-refractivity contribution in [1.82, 2.24) is 10.6 Å². The van der Waals surface area contributed by atoms with E-state index in [1.165, 1.54) is 65.8 Å². The highest BCUT2D eigenvalue weighted by molar-refractivity contribution is 5.96. The molecule has 0 spiro atoms. The molecule has 424 valence electrons. The number of carbonyl (C=O) groups is 10. The molecule has 2 aromatic rings. The number of rotatable bonds is 19. The zero-order valence-electron chi connectivity index (χ0n) is 46.0. The van der Waals surface area contributed by atoms with E-state index in [4.69, 9.17) is 33.2 Å². The van der Waals surface area contributed by atoms with Crippen molar-refractivity contribution in [2.75, 3.05) is 6.61 Å². The van der Waals surface area contributed by atoms with Gasteiger partial charge in [-0.05, 0) is 54.5 Å². The number of esters is 6. The van der Waals surface area contributed by atoms with Gasteiger partial charge in [-0.15, -0.1) is 0 Å². The normalized spacial score (nSPS) is 28.1. The molecule has 4 N–H and O–H groups in total. The van der Waals surface area contributed by atoms with E-state index in [1.807, 2.05) is 0 Å². The molecular weight excluding hydrogens is 1020 g/mol. The molecule has 2 aromatic carbocycles. The number of Topliss-reactive ketones (excluding diaryl/α,β-unsaturated/α-hetero) is 1. The van der Waals surface area contributed by atoms with Crippen molar-refractivity contribution in [3.63, 3.8) is 0 Å². The lowest BCUT2D eigenvalue weighted by atomic mass is 9.44. The largest absolute Gasteiger partial charge is 0.481 e. The maximum absolute atomic E-state index is 16.2. The molecule has 78 heavy (non-hydrogen) atoms.